The van der Waals surface area contributed by atoms with E-state index in [0.29, 0.717) is 12.1 Å². The third kappa shape index (κ3) is 1.18. The molecule has 0 aliphatic carbocycles. The van der Waals surface area contributed by atoms with E-state index in [4.69, 9.17) is 0 Å². The minimum atomic E-state index is 0.598. The molecule has 0 spiro atoms. The summed E-state index contributed by atoms with van der Waals surface area (Å²) in [6.45, 7) is 2.24. The number of hydrogen-bond donors (Lipinski definition) is 1. The molecule has 1 aliphatic rings. The lowest BCUT2D eigenvalue weighted by molar-refractivity contribution is 0.290. The van der Waals surface area contributed by atoms with Gasteiger partial charge >= 0.3 is 0 Å². The second-order valence-corrected chi connectivity index (χ2v) is 4.95. The van der Waals surface area contributed by atoms with Gasteiger partial charge in [0.15, 0.2) is 0 Å². The molecule has 1 aromatic carbocycles. The van der Waals surface area contributed by atoms with Gasteiger partial charge in [-0.1, -0.05) is 18.2 Å². The number of fused-ring (bicyclic) bond motifs is 1. The van der Waals surface area contributed by atoms with Crippen molar-refractivity contribution in [3.05, 3.63) is 35.2 Å². The number of benzene rings is 1. The average Bonchev–Trinajstić information content (AvgIpc) is 2.56. The van der Waals surface area contributed by atoms with Crippen molar-refractivity contribution in [2.45, 2.75) is 25.4 Å². The Hall–Kier alpha value is -0.860. The average molecular weight is 203 g/mol. The fraction of sp³-hybridized carbons (Fsp3) is 0.333. The summed E-state index contributed by atoms with van der Waals surface area (Å²) in [7, 11) is 0. The van der Waals surface area contributed by atoms with E-state index < -0.39 is 0 Å². The van der Waals surface area contributed by atoms with Crippen molar-refractivity contribution in [1.82, 2.24) is 5.32 Å². The smallest absolute Gasteiger partial charge is 0.0351 e. The van der Waals surface area contributed by atoms with Crippen molar-refractivity contribution < 1.29 is 0 Å². The molecule has 14 heavy (non-hydrogen) atoms. The van der Waals surface area contributed by atoms with Gasteiger partial charge in [-0.3, -0.25) is 0 Å². The molecule has 0 bridgehead atoms. The quantitative estimate of drug-likeness (QED) is 0.749. The van der Waals surface area contributed by atoms with Crippen LogP contribution < -0.4 is 5.32 Å². The topological polar surface area (TPSA) is 12.0 Å². The Morgan fingerprint density at radius 3 is 2.93 bits per heavy atom. The van der Waals surface area contributed by atoms with Gasteiger partial charge in [-0.2, -0.15) is 0 Å². The van der Waals surface area contributed by atoms with E-state index in [2.05, 4.69) is 41.9 Å². The summed E-state index contributed by atoms with van der Waals surface area (Å²) in [5.41, 5.74) is 1.49. The molecule has 1 aromatic heterocycles. The number of nitrogens with one attached hydrogen (secondary N) is 1. The third-order valence-corrected chi connectivity index (χ3v) is 3.94. The minimum absolute atomic E-state index is 0.598. The maximum absolute atomic E-state index is 3.54. The zero-order valence-corrected chi connectivity index (χ0v) is 8.97. The molecule has 72 valence electrons. The molecule has 3 rings (SSSR count). The molecule has 1 nitrogen and oxygen atoms in total. The molecule has 2 atom stereocenters. The SMILES string of the molecule is CC1CC(c2csc3ccccc23)N1. The first-order valence-electron chi connectivity index (χ1n) is 5.07. The van der Waals surface area contributed by atoms with Crippen LogP contribution in [0.25, 0.3) is 10.1 Å². The van der Waals surface area contributed by atoms with Gasteiger partial charge in [-0.15, -0.1) is 11.3 Å². The monoisotopic (exact) mass is 203 g/mol. The highest BCUT2D eigenvalue weighted by atomic mass is 32.1. The molecule has 1 N–H and O–H groups in total. The van der Waals surface area contributed by atoms with Crippen molar-refractivity contribution in [2.24, 2.45) is 0 Å². The van der Waals surface area contributed by atoms with E-state index in [1.54, 1.807) is 0 Å². The Bertz CT molecular complexity index is 454. The summed E-state index contributed by atoms with van der Waals surface area (Å²) in [5, 5.41) is 7.28. The van der Waals surface area contributed by atoms with E-state index in [-0.39, 0.29) is 0 Å². The first-order chi connectivity index (χ1) is 6.84. The molecular weight excluding hydrogens is 190 g/mol. The van der Waals surface area contributed by atoms with Crippen LogP contribution >= 0.6 is 11.3 Å². The molecule has 0 amide bonds. The van der Waals surface area contributed by atoms with Crippen molar-refractivity contribution in [2.75, 3.05) is 0 Å². The number of thiophene rings is 1. The molecule has 1 aliphatic heterocycles. The zero-order chi connectivity index (χ0) is 9.54. The molecule has 2 unspecified atom stereocenters. The summed E-state index contributed by atoms with van der Waals surface area (Å²) in [6.07, 6.45) is 1.28. The predicted molar refractivity (Wildman–Crippen MR) is 61.8 cm³/mol. The summed E-state index contributed by atoms with van der Waals surface area (Å²) in [5.74, 6) is 0. The van der Waals surface area contributed by atoms with Crippen molar-refractivity contribution in [3.8, 4) is 0 Å². The number of rotatable bonds is 1. The molecule has 2 aromatic rings. The Balaban J connectivity index is 2.05. The van der Waals surface area contributed by atoms with Crippen LogP contribution in [0.5, 0.6) is 0 Å². The van der Waals surface area contributed by atoms with Crippen LogP contribution in [0.15, 0.2) is 29.6 Å². The van der Waals surface area contributed by atoms with Gasteiger partial charge in [-0.25, -0.2) is 0 Å². The maximum atomic E-state index is 3.54. The third-order valence-electron chi connectivity index (χ3n) is 2.96. The van der Waals surface area contributed by atoms with Gasteiger partial charge in [0, 0.05) is 16.8 Å². The largest absolute Gasteiger partial charge is 0.307 e. The zero-order valence-electron chi connectivity index (χ0n) is 8.16. The van der Waals surface area contributed by atoms with E-state index in [1.807, 2.05) is 11.3 Å². The van der Waals surface area contributed by atoms with Crippen molar-refractivity contribution in [3.63, 3.8) is 0 Å². The van der Waals surface area contributed by atoms with E-state index in [9.17, 15) is 0 Å². The van der Waals surface area contributed by atoms with Gasteiger partial charge in [0.2, 0.25) is 0 Å². The fourth-order valence-corrected chi connectivity index (χ4v) is 3.17. The van der Waals surface area contributed by atoms with Gasteiger partial charge in [0.25, 0.3) is 0 Å². The fourth-order valence-electron chi connectivity index (χ4n) is 2.16. The summed E-state index contributed by atoms with van der Waals surface area (Å²) in [4.78, 5) is 0. The normalized spacial score (nSPS) is 26.4. The van der Waals surface area contributed by atoms with Crippen LogP contribution in [0.4, 0.5) is 0 Å². The summed E-state index contributed by atoms with van der Waals surface area (Å²) < 4.78 is 1.41. The molecule has 2 heterocycles. The predicted octanol–water partition coefficient (Wildman–Crippen LogP) is 3.32. The second kappa shape index (κ2) is 3.07. The van der Waals surface area contributed by atoms with Crippen LogP contribution in [0.1, 0.15) is 24.9 Å². The second-order valence-electron chi connectivity index (χ2n) is 4.04. The Morgan fingerprint density at radius 1 is 1.36 bits per heavy atom. The molecule has 1 saturated heterocycles. The van der Waals surface area contributed by atoms with Gasteiger partial charge < -0.3 is 5.32 Å². The van der Waals surface area contributed by atoms with Crippen LogP contribution in [-0.2, 0) is 0 Å². The highest BCUT2D eigenvalue weighted by molar-refractivity contribution is 7.17. The Morgan fingerprint density at radius 2 is 2.14 bits per heavy atom. The van der Waals surface area contributed by atoms with E-state index in [0.717, 1.165) is 0 Å². The highest BCUT2D eigenvalue weighted by Crippen LogP contribution is 2.36. The molecular formula is C12H13NS. The van der Waals surface area contributed by atoms with Gasteiger partial charge in [-0.05, 0) is 35.7 Å². The summed E-state index contributed by atoms with van der Waals surface area (Å²) >= 11 is 1.85. The first-order valence-corrected chi connectivity index (χ1v) is 5.95. The van der Waals surface area contributed by atoms with E-state index in [1.165, 1.54) is 22.1 Å². The standard InChI is InChI=1S/C12H13NS/c1-8-6-11(13-8)10-7-14-12-5-3-2-4-9(10)12/h2-5,7-8,11,13H,6H2,1H3. The van der Waals surface area contributed by atoms with E-state index >= 15 is 0 Å². The lowest BCUT2D eigenvalue weighted by Crippen LogP contribution is -2.43. The maximum Gasteiger partial charge on any atom is 0.0351 e. The first kappa shape index (κ1) is 8.45. The van der Waals surface area contributed by atoms with Crippen molar-refractivity contribution >= 4 is 21.4 Å². The van der Waals surface area contributed by atoms with Crippen LogP contribution in [0, 0.1) is 0 Å². The molecule has 1 fully saturated rings. The van der Waals surface area contributed by atoms with Crippen LogP contribution in [0.3, 0.4) is 0 Å². The molecule has 2 heteroatoms. The highest BCUT2D eigenvalue weighted by Gasteiger charge is 2.27. The minimum Gasteiger partial charge on any atom is -0.307 e. The Labute approximate surface area is 87.8 Å². The molecule has 0 saturated carbocycles. The Kier molecular flexibility index (Phi) is 1.85. The van der Waals surface area contributed by atoms with Crippen LogP contribution in [-0.4, -0.2) is 6.04 Å². The number of hydrogen-bond acceptors (Lipinski definition) is 2. The van der Waals surface area contributed by atoms with Crippen molar-refractivity contribution in [1.29, 1.82) is 0 Å². The van der Waals surface area contributed by atoms with Crippen LogP contribution in [0.2, 0.25) is 0 Å². The van der Waals surface area contributed by atoms with Gasteiger partial charge in [0.1, 0.15) is 0 Å². The summed E-state index contributed by atoms with van der Waals surface area (Å²) in [6, 6.07) is 9.96. The lowest BCUT2D eigenvalue weighted by atomic mass is 9.92. The lowest BCUT2D eigenvalue weighted by Gasteiger charge is -2.34. The molecule has 0 radical (unpaired) electrons. The van der Waals surface area contributed by atoms with Gasteiger partial charge in [0.05, 0.1) is 0 Å².